The van der Waals surface area contributed by atoms with Crippen molar-refractivity contribution >= 4 is 11.8 Å². The zero-order valence-electron chi connectivity index (χ0n) is 10.2. The van der Waals surface area contributed by atoms with Gasteiger partial charge in [-0.2, -0.15) is 0 Å². The van der Waals surface area contributed by atoms with Crippen LogP contribution in [0.1, 0.15) is 40.0 Å². The topological polar surface area (TPSA) is 49.4 Å². The van der Waals surface area contributed by atoms with Crippen molar-refractivity contribution < 1.29 is 9.59 Å². The predicted octanol–water partition coefficient (Wildman–Crippen LogP) is 0.912. The standard InChI is InChI=1S/C12H20N2O2/c1-4-9-10(15)14(5-2)12(3,8-6-7-8)11(16)13-9/h8-9H,4-7H2,1-3H3,(H,13,16). The van der Waals surface area contributed by atoms with E-state index in [9.17, 15) is 9.59 Å². The molecular formula is C12H20N2O2. The summed E-state index contributed by atoms with van der Waals surface area (Å²) in [6.45, 7) is 6.41. The lowest BCUT2D eigenvalue weighted by atomic mass is 9.88. The van der Waals surface area contributed by atoms with Gasteiger partial charge in [0, 0.05) is 6.54 Å². The zero-order chi connectivity index (χ0) is 11.9. The molecule has 0 aromatic carbocycles. The number of hydrogen-bond donors (Lipinski definition) is 1. The monoisotopic (exact) mass is 224 g/mol. The van der Waals surface area contributed by atoms with Gasteiger partial charge in [0.15, 0.2) is 0 Å². The molecule has 90 valence electrons. The molecule has 2 fully saturated rings. The Labute approximate surface area is 96.4 Å². The summed E-state index contributed by atoms with van der Waals surface area (Å²) in [5, 5.41) is 2.86. The molecule has 2 unspecified atom stereocenters. The van der Waals surface area contributed by atoms with E-state index in [-0.39, 0.29) is 17.9 Å². The van der Waals surface area contributed by atoms with Gasteiger partial charge >= 0.3 is 0 Å². The summed E-state index contributed by atoms with van der Waals surface area (Å²) >= 11 is 0. The Bertz CT molecular complexity index is 323. The van der Waals surface area contributed by atoms with Crippen LogP contribution in [0.2, 0.25) is 0 Å². The summed E-state index contributed by atoms with van der Waals surface area (Å²) < 4.78 is 0. The van der Waals surface area contributed by atoms with Crippen LogP contribution < -0.4 is 5.32 Å². The molecule has 16 heavy (non-hydrogen) atoms. The minimum Gasteiger partial charge on any atom is -0.342 e. The SMILES string of the molecule is CCC1NC(=O)C(C)(C2CC2)N(CC)C1=O. The molecule has 1 N–H and O–H groups in total. The van der Waals surface area contributed by atoms with Crippen molar-refractivity contribution in [1.29, 1.82) is 0 Å². The van der Waals surface area contributed by atoms with E-state index in [4.69, 9.17) is 0 Å². The highest BCUT2D eigenvalue weighted by Gasteiger charge is 2.56. The van der Waals surface area contributed by atoms with Crippen molar-refractivity contribution in [3.05, 3.63) is 0 Å². The minimum atomic E-state index is -0.600. The highest BCUT2D eigenvalue weighted by molar-refractivity contribution is 6.00. The van der Waals surface area contributed by atoms with Gasteiger partial charge in [-0.1, -0.05) is 6.92 Å². The number of carbonyl (C=O) groups excluding carboxylic acids is 2. The van der Waals surface area contributed by atoms with Crippen molar-refractivity contribution in [2.75, 3.05) is 6.54 Å². The van der Waals surface area contributed by atoms with Crippen LogP contribution in [-0.2, 0) is 9.59 Å². The summed E-state index contributed by atoms with van der Waals surface area (Å²) in [6.07, 6.45) is 2.79. The Morgan fingerprint density at radius 3 is 2.44 bits per heavy atom. The van der Waals surface area contributed by atoms with Crippen LogP contribution in [0, 0.1) is 5.92 Å². The number of piperazine rings is 1. The van der Waals surface area contributed by atoms with Crippen LogP contribution in [0.3, 0.4) is 0 Å². The maximum atomic E-state index is 12.2. The van der Waals surface area contributed by atoms with Crippen molar-refractivity contribution in [3.8, 4) is 0 Å². The van der Waals surface area contributed by atoms with Crippen LogP contribution >= 0.6 is 0 Å². The summed E-state index contributed by atoms with van der Waals surface area (Å²) in [4.78, 5) is 26.1. The lowest BCUT2D eigenvalue weighted by Gasteiger charge is -2.46. The Morgan fingerprint density at radius 1 is 1.38 bits per heavy atom. The molecule has 2 rings (SSSR count). The van der Waals surface area contributed by atoms with Gasteiger partial charge in [0.25, 0.3) is 0 Å². The number of likely N-dealkylation sites (N-methyl/N-ethyl adjacent to an activating group) is 1. The summed E-state index contributed by atoms with van der Waals surface area (Å²) in [6, 6.07) is -0.320. The van der Waals surface area contributed by atoms with Gasteiger partial charge in [-0.25, -0.2) is 0 Å². The maximum absolute atomic E-state index is 12.2. The molecule has 0 spiro atoms. The average Bonchev–Trinajstić information content (AvgIpc) is 3.08. The van der Waals surface area contributed by atoms with E-state index in [2.05, 4.69) is 5.32 Å². The van der Waals surface area contributed by atoms with Crippen LogP contribution in [0.5, 0.6) is 0 Å². The van der Waals surface area contributed by atoms with Crippen molar-refractivity contribution in [2.45, 2.75) is 51.6 Å². The second-order valence-corrected chi connectivity index (χ2v) is 4.94. The Kier molecular flexibility index (Phi) is 2.68. The molecule has 1 heterocycles. The first-order chi connectivity index (χ1) is 7.55. The molecule has 0 radical (unpaired) electrons. The lowest BCUT2D eigenvalue weighted by molar-refractivity contribution is -0.157. The van der Waals surface area contributed by atoms with Crippen molar-refractivity contribution in [1.82, 2.24) is 10.2 Å². The fraction of sp³-hybridized carbons (Fsp3) is 0.833. The maximum Gasteiger partial charge on any atom is 0.246 e. The molecule has 0 aromatic heterocycles. The highest BCUT2D eigenvalue weighted by atomic mass is 16.2. The zero-order valence-corrected chi connectivity index (χ0v) is 10.2. The highest BCUT2D eigenvalue weighted by Crippen LogP contribution is 2.44. The Hall–Kier alpha value is -1.06. The average molecular weight is 224 g/mol. The summed E-state index contributed by atoms with van der Waals surface area (Å²) in [5.41, 5.74) is -0.600. The third-order valence-electron chi connectivity index (χ3n) is 3.99. The number of carbonyl (C=O) groups is 2. The fourth-order valence-corrected chi connectivity index (χ4v) is 2.72. The van der Waals surface area contributed by atoms with Crippen LogP contribution in [0.4, 0.5) is 0 Å². The van der Waals surface area contributed by atoms with Crippen LogP contribution in [0.15, 0.2) is 0 Å². The van der Waals surface area contributed by atoms with Gasteiger partial charge in [0.1, 0.15) is 11.6 Å². The molecule has 2 aliphatic rings. The third kappa shape index (κ3) is 1.43. The number of rotatable bonds is 3. The molecule has 0 aromatic rings. The van der Waals surface area contributed by atoms with Gasteiger partial charge in [0.05, 0.1) is 0 Å². The van der Waals surface area contributed by atoms with E-state index in [1.54, 1.807) is 4.90 Å². The van der Waals surface area contributed by atoms with E-state index in [1.807, 2.05) is 20.8 Å². The molecule has 0 bridgehead atoms. The van der Waals surface area contributed by atoms with Gasteiger partial charge < -0.3 is 10.2 Å². The normalized spacial score (nSPS) is 35.2. The Balaban J connectivity index is 2.31. The van der Waals surface area contributed by atoms with E-state index in [1.165, 1.54) is 0 Å². The Morgan fingerprint density at radius 2 is 2.00 bits per heavy atom. The first kappa shape index (κ1) is 11.4. The molecule has 1 saturated heterocycles. The molecule has 1 saturated carbocycles. The predicted molar refractivity (Wildman–Crippen MR) is 60.7 cm³/mol. The number of nitrogens with zero attached hydrogens (tertiary/aromatic N) is 1. The molecular weight excluding hydrogens is 204 g/mol. The second-order valence-electron chi connectivity index (χ2n) is 4.94. The van der Waals surface area contributed by atoms with E-state index < -0.39 is 5.54 Å². The summed E-state index contributed by atoms with van der Waals surface area (Å²) in [7, 11) is 0. The minimum absolute atomic E-state index is 0.0308. The van der Waals surface area contributed by atoms with Gasteiger partial charge in [-0.15, -0.1) is 0 Å². The van der Waals surface area contributed by atoms with E-state index in [0.717, 1.165) is 12.8 Å². The lowest BCUT2D eigenvalue weighted by Crippen LogP contribution is -2.70. The van der Waals surface area contributed by atoms with Gasteiger partial charge in [-0.3, -0.25) is 9.59 Å². The molecule has 4 nitrogen and oxygen atoms in total. The van der Waals surface area contributed by atoms with Crippen molar-refractivity contribution in [3.63, 3.8) is 0 Å². The van der Waals surface area contributed by atoms with Crippen LogP contribution in [0.25, 0.3) is 0 Å². The first-order valence-corrected chi connectivity index (χ1v) is 6.18. The van der Waals surface area contributed by atoms with Gasteiger partial charge in [0.2, 0.25) is 11.8 Å². The van der Waals surface area contributed by atoms with Crippen LogP contribution in [-0.4, -0.2) is 34.8 Å². The molecule has 1 aliphatic carbocycles. The smallest absolute Gasteiger partial charge is 0.246 e. The van der Waals surface area contributed by atoms with E-state index >= 15 is 0 Å². The fourth-order valence-electron chi connectivity index (χ4n) is 2.72. The van der Waals surface area contributed by atoms with Gasteiger partial charge in [-0.05, 0) is 39.0 Å². The molecule has 2 amide bonds. The van der Waals surface area contributed by atoms with Crippen molar-refractivity contribution in [2.24, 2.45) is 5.92 Å². The number of nitrogens with one attached hydrogen (secondary N) is 1. The largest absolute Gasteiger partial charge is 0.342 e. The molecule has 1 aliphatic heterocycles. The first-order valence-electron chi connectivity index (χ1n) is 6.18. The molecule has 2 atom stereocenters. The van der Waals surface area contributed by atoms with E-state index in [0.29, 0.717) is 18.9 Å². The summed E-state index contributed by atoms with van der Waals surface area (Å²) in [5.74, 6) is 0.469. The number of amides is 2. The number of hydrogen-bond acceptors (Lipinski definition) is 2. The quantitative estimate of drug-likeness (QED) is 0.774. The second kappa shape index (κ2) is 3.75. The molecule has 4 heteroatoms. The third-order valence-corrected chi connectivity index (χ3v) is 3.99.